The monoisotopic (exact) mass is 872 g/mol. The second-order valence-corrected chi connectivity index (χ2v) is 31.6. The van der Waals surface area contributed by atoms with E-state index in [-0.39, 0.29) is 60.3 Å². The number of aliphatic hydroxyl groups is 2. The van der Waals surface area contributed by atoms with Gasteiger partial charge in [0.25, 0.3) is 0 Å². The zero-order valence-corrected chi connectivity index (χ0v) is 39.6. The van der Waals surface area contributed by atoms with Crippen LogP contribution < -0.4 is 0 Å². The van der Waals surface area contributed by atoms with Crippen molar-refractivity contribution >= 4 is 51.4 Å². The lowest BCUT2D eigenvalue weighted by molar-refractivity contribution is -0.111. The minimum absolute atomic E-state index is 0.0210. The lowest BCUT2D eigenvalue weighted by atomic mass is 9.48. The summed E-state index contributed by atoms with van der Waals surface area (Å²) in [5, 5.41) is 42.9. The summed E-state index contributed by atoms with van der Waals surface area (Å²) in [6.07, 6.45) is 21.4. The van der Waals surface area contributed by atoms with Gasteiger partial charge in [0, 0.05) is 35.9 Å². The SMILES string of the molecule is C[C@]12C=CC(=O)C=C1[C@@H](CO)CC1C2=CC[C@@]2(C)C1CC[C@@]2(C#N)C(Cl)[Si](C)(C)O[Si](C)(C)C(Cl)[C@@]1(C#N)CCC2C3C[C@@H](CO)C4=CC(=O)C=C[C@]4(C)C3=CC[C@@]21C. The first-order valence-electron chi connectivity index (χ1n) is 21.9. The van der Waals surface area contributed by atoms with Crippen molar-refractivity contribution < 1.29 is 23.9 Å². The van der Waals surface area contributed by atoms with Gasteiger partial charge in [-0.2, -0.15) is 10.5 Å². The fourth-order valence-electron chi connectivity index (χ4n) is 15.2. The first-order chi connectivity index (χ1) is 27.6. The van der Waals surface area contributed by atoms with Gasteiger partial charge >= 0.3 is 0 Å². The maximum atomic E-state index is 12.5. The van der Waals surface area contributed by atoms with Crippen LogP contribution in [-0.2, 0) is 13.7 Å². The molecule has 0 amide bonds. The molecular weight excluding hydrogens is 812 g/mol. The molecule has 59 heavy (non-hydrogen) atoms. The molecule has 8 rings (SSSR count). The van der Waals surface area contributed by atoms with Crippen molar-refractivity contribution in [1.29, 1.82) is 10.5 Å². The number of alkyl halides is 2. The molecule has 14 atom stereocenters. The minimum atomic E-state index is -2.93. The van der Waals surface area contributed by atoms with Gasteiger partial charge in [-0.05, 0) is 161 Å². The summed E-state index contributed by atoms with van der Waals surface area (Å²) in [7, 11) is -5.86. The summed E-state index contributed by atoms with van der Waals surface area (Å²) in [6, 6.07) is 5.72. The number of fused-ring (bicyclic) bond motifs is 10. The Morgan fingerprint density at radius 1 is 0.712 bits per heavy atom. The van der Waals surface area contributed by atoms with E-state index in [2.05, 4.69) is 78.2 Å². The van der Waals surface area contributed by atoms with Crippen LogP contribution in [0.2, 0.25) is 26.2 Å². The van der Waals surface area contributed by atoms with Gasteiger partial charge in [0.05, 0.1) is 33.0 Å². The van der Waals surface area contributed by atoms with Crippen LogP contribution in [0.5, 0.6) is 0 Å². The summed E-state index contributed by atoms with van der Waals surface area (Å²) >= 11 is 15.7. The zero-order valence-electron chi connectivity index (χ0n) is 36.1. The van der Waals surface area contributed by atoms with E-state index in [1.807, 2.05) is 12.2 Å². The number of hydrogen-bond donors (Lipinski definition) is 2. The number of nitrogens with zero attached hydrogens (tertiary/aromatic N) is 2. The van der Waals surface area contributed by atoms with E-state index in [4.69, 9.17) is 27.3 Å². The highest BCUT2D eigenvalue weighted by Crippen LogP contribution is 2.72. The number of nitriles is 2. The second-order valence-electron chi connectivity index (χ2n) is 21.6. The second kappa shape index (κ2) is 14.1. The Balaban J connectivity index is 1.08. The third kappa shape index (κ3) is 5.70. The topological polar surface area (TPSA) is 131 Å². The summed E-state index contributed by atoms with van der Waals surface area (Å²) in [4.78, 5) is 25.0. The average molecular weight is 874 g/mol. The van der Waals surface area contributed by atoms with E-state index in [9.17, 15) is 30.3 Å². The van der Waals surface area contributed by atoms with E-state index < -0.39 is 59.1 Å². The van der Waals surface area contributed by atoms with Crippen LogP contribution in [0.4, 0.5) is 0 Å². The van der Waals surface area contributed by atoms with Gasteiger partial charge in [0.2, 0.25) is 0 Å². The van der Waals surface area contributed by atoms with Crippen molar-refractivity contribution in [1.82, 2.24) is 0 Å². The number of ketones is 2. The van der Waals surface area contributed by atoms with Crippen molar-refractivity contribution in [3.8, 4) is 12.1 Å². The number of rotatable bonds is 8. The number of halogens is 2. The first kappa shape index (κ1) is 43.3. The fourth-order valence-corrected chi connectivity index (χ4v) is 26.6. The largest absolute Gasteiger partial charge is 0.453 e. The molecule has 7 nitrogen and oxygen atoms in total. The Kier molecular flexibility index (Phi) is 10.3. The van der Waals surface area contributed by atoms with Gasteiger partial charge in [-0.1, -0.05) is 49.3 Å². The van der Waals surface area contributed by atoms with Crippen LogP contribution in [0.25, 0.3) is 0 Å². The lowest BCUT2D eigenvalue weighted by Crippen LogP contribution is -2.64. The Bertz CT molecular complexity index is 2000. The highest BCUT2D eigenvalue weighted by atomic mass is 35.5. The number of carbonyl (C=O) groups excluding carboxylic acids is 2. The number of aliphatic hydroxyl groups excluding tert-OH is 2. The molecule has 0 bridgehead atoms. The van der Waals surface area contributed by atoms with Crippen molar-refractivity contribution in [2.45, 2.75) is 115 Å². The molecule has 11 heteroatoms. The fraction of sp³-hybridized carbons (Fsp3) is 0.667. The molecule has 4 fully saturated rings. The van der Waals surface area contributed by atoms with Crippen molar-refractivity contribution in [2.75, 3.05) is 13.2 Å². The standard InChI is InChI=1S/C48H62Cl2N2O5Si2/c1-43-15-9-31(55)23-39(43)29(25-53)21-33-35(43)11-17-45(3)37(33)13-19-47(45,27-51)41(49)58(5,6)57-59(7,8)42(50)48(28-52)20-14-38-34-22-30(26-54)40-24-32(56)10-16-44(40,2)36(34)12-18-46(38,48)4/h9-12,15-16,23-24,29-30,33-34,37-38,41-42,53-54H,13-14,17-22,25-26H2,1-8H3/t29-,30+,33?,34?,37?,38?,41?,42?,43-,44-,45+,46+,47-,48+/m1/s1. The molecule has 316 valence electrons. The first-order valence-corrected chi connectivity index (χ1v) is 28.8. The average Bonchev–Trinajstić information content (AvgIpc) is 3.68. The van der Waals surface area contributed by atoms with Gasteiger partial charge in [0.15, 0.2) is 28.2 Å². The summed E-state index contributed by atoms with van der Waals surface area (Å²) in [6.45, 7) is 17.4. The summed E-state index contributed by atoms with van der Waals surface area (Å²) < 4.78 is 7.47. The third-order valence-corrected chi connectivity index (χ3v) is 29.7. The van der Waals surface area contributed by atoms with Gasteiger partial charge in [-0.15, -0.1) is 23.2 Å². The molecule has 0 aromatic carbocycles. The number of hydrogen-bond acceptors (Lipinski definition) is 7. The van der Waals surface area contributed by atoms with E-state index in [0.717, 1.165) is 36.8 Å². The molecule has 0 radical (unpaired) electrons. The van der Waals surface area contributed by atoms with Crippen molar-refractivity contribution in [3.05, 3.63) is 70.9 Å². The van der Waals surface area contributed by atoms with E-state index in [0.29, 0.717) is 25.7 Å². The van der Waals surface area contributed by atoms with Crippen LogP contribution >= 0.6 is 23.2 Å². The molecule has 0 aliphatic heterocycles. The highest BCUT2D eigenvalue weighted by Gasteiger charge is 2.71. The van der Waals surface area contributed by atoms with Crippen molar-refractivity contribution in [2.24, 2.45) is 68.0 Å². The van der Waals surface area contributed by atoms with Crippen LogP contribution in [0, 0.1) is 90.7 Å². The predicted molar refractivity (Wildman–Crippen MR) is 237 cm³/mol. The van der Waals surface area contributed by atoms with Crippen LogP contribution in [0.3, 0.4) is 0 Å². The van der Waals surface area contributed by atoms with Crippen LogP contribution in [0.15, 0.2) is 70.9 Å². The van der Waals surface area contributed by atoms with E-state index >= 15 is 0 Å². The predicted octanol–water partition coefficient (Wildman–Crippen LogP) is 9.62. The minimum Gasteiger partial charge on any atom is -0.453 e. The molecule has 0 aromatic rings. The van der Waals surface area contributed by atoms with Crippen LogP contribution in [0.1, 0.15) is 79.1 Å². The van der Waals surface area contributed by atoms with E-state index in [1.54, 1.807) is 24.3 Å². The maximum Gasteiger partial charge on any atom is 0.193 e. The normalized spacial score (nSPS) is 44.5. The number of carbonyl (C=O) groups is 2. The molecule has 8 aliphatic carbocycles. The molecule has 6 unspecified atom stereocenters. The molecule has 0 saturated heterocycles. The molecule has 0 aromatic heterocycles. The Hall–Kier alpha value is -2.35. The smallest absolute Gasteiger partial charge is 0.193 e. The molecule has 4 saturated carbocycles. The van der Waals surface area contributed by atoms with Gasteiger partial charge < -0.3 is 14.3 Å². The molecule has 0 spiro atoms. The van der Waals surface area contributed by atoms with Gasteiger partial charge in [0.1, 0.15) is 0 Å². The lowest BCUT2D eigenvalue weighted by Gasteiger charge is -2.58. The molecular formula is C48H62Cl2N2O5Si2. The van der Waals surface area contributed by atoms with E-state index in [1.165, 1.54) is 11.1 Å². The van der Waals surface area contributed by atoms with Gasteiger partial charge in [-0.25, -0.2) is 0 Å². The quantitative estimate of drug-likeness (QED) is 0.141. The zero-order chi connectivity index (χ0) is 42.9. The third-order valence-electron chi connectivity index (χ3n) is 18.2. The summed E-state index contributed by atoms with van der Waals surface area (Å²) in [5.74, 6) is 0.371. The highest BCUT2D eigenvalue weighted by molar-refractivity contribution is 6.92. The van der Waals surface area contributed by atoms with Crippen molar-refractivity contribution in [3.63, 3.8) is 0 Å². The Morgan fingerprint density at radius 2 is 1.08 bits per heavy atom. The maximum absolute atomic E-state index is 12.5. The Morgan fingerprint density at radius 3 is 1.42 bits per heavy atom. The molecule has 8 aliphatic rings. The Labute approximate surface area is 363 Å². The molecule has 2 N–H and O–H groups in total. The van der Waals surface area contributed by atoms with Gasteiger partial charge in [-0.3, -0.25) is 9.59 Å². The number of allylic oxidation sites excluding steroid dienone is 10. The summed E-state index contributed by atoms with van der Waals surface area (Å²) in [5.41, 5.74) is 1.15. The van der Waals surface area contributed by atoms with Crippen LogP contribution in [-0.4, -0.2) is 61.6 Å². The molecule has 0 heterocycles.